The summed E-state index contributed by atoms with van der Waals surface area (Å²) in [5.41, 5.74) is 5.13. The lowest BCUT2D eigenvalue weighted by Gasteiger charge is -2.15. The number of carbonyl (C=O) groups is 2. The van der Waals surface area contributed by atoms with Gasteiger partial charge in [-0.25, -0.2) is 8.42 Å². The Hall–Kier alpha value is -3.42. The number of hydrazine groups is 1. The van der Waals surface area contributed by atoms with Crippen LogP contribution in [0.2, 0.25) is 0 Å². The summed E-state index contributed by atoms with van der Waals surface area (Å²) in [5, 5.41) is 8.74. The molecule has 2 N–H and O–H groups in total. The highest BCUT2D eigenvalue weighted by molar-refractivity contribution is 7.89. The molecule has 0 bridgehead atoms. The van der Waals surface area contributed by atoms with Gasteiger partial charge in [-0.1, -0.05) is 0 Å². The summed E-state index contributed by atoms with van der Waals surface area (Å²) < 4.78 is 31.7. The van der Waals surface area contributed by atoms with Crippen LogP contribution in [0.1, 0.15) is 28.8 Å². The molecule has 2 amide bonds. The zero-order valence-electron chi connectivity index (χ0n) is 16.0. The molecule has 9 nitrogen and oxygen atoms in total. The van der Waals surface area contributed by atoms with Gasteiger partial charge in [-0.15, -0.1) is 0 Å². The number of ether oxygens (including phenoxy) is 1. The molecule has 0 aliphatic carbocycles. The van der Waals surface area contributed by atoms with Crippen LogP contribution in [0.25, 0.3) is 0 Å². The Morgan fingerprint density at radius 3 is 2.23 bits per heavy atom. The van der Waals surface area contributed by atoms with Crippen molar-refractivity contribution in [2.75, 3.05) is 19.7 Å². The van der Waals surface area contributed by atoms with Gasteiger partial charge in [0.05, 0.1) is 16.5 Å². The number of rotatable bonds is 6. The SMILES string of the molecule is N#Cc1ccc(OCC(=O)NNC(=O)c2ccc(S(=O)(=O)N3CCCC3)cc2)cc1. The van der Waals surface area contributed by atoms with Crippen LogP contribution < -0.4 is 15.6 Å². The lowest BCUT2D eigenvalue weighted by atomic mass is 10.2. The van der Waals surface area contributed by atoms with Crippen LogP contribution in [-0.2, 0) is 14.8 Å². The van der Waals surface area contributed by atoms with Gasteiger partial charge in [0.2, 0.25) is 10.0 Å². The summed E-state index contributed by atoms with van der Waals surface area (Å²) in [4.78, 5) is 24.1. The van der Waals surface area contributed by atoms with Crippen LogP contribution in [0.3, 0.4) is 0 Å². The molecule has 1 aliphatic heterocycles. The molecular weight excluding hydrogens is 408 g/mol. The van der Waals surface area contributed by atoms with Gasteiger partial charge >= 0.3 is 0 Å². The molecule has 2 aromatic carbocycles. The molecule has 0 radical (unpaired) electrons. The first-order chi connectivity index (χ1) is 14.4. The fourth-order valence-corrected chi connectivity index (χ4v) is 4.38. The van der Waals surface area contributed by atoms with Gasteiger partial charge in [0.1, 0.15) is 5.75 Å². The Morgan fingerprint density at radius 2 is 1.63 bits per heavy atom. The molecule has 0 aromatic heterocycles. The third-order valence-electron chi connectivity index (χ3n) is 4.49. The number of hydrogen-bond donors (Lipinski definition) is 2. The van der Waals surface area contributed by atoms with Gasteiger partial charge in [-0.2, -0.15) is 9.57 Å². The molecule has 0 unspecified atom stereocenters. The summed E-state index contributed by atoms with van der Waals surface area (Å²) in [6.07, 6.45) is 1.68. The topological polar surface area (TPSA) is 129 Å². The smallest absolute Gasteiger partial charge is 0.276 e. The molecule has 30 heavy (non-hydrogen) atoms. The third-order valence-corrected chi connectivity index (χ3v) is 6.40. The van der Waals surface area contributed by atoms with E-state index in [1.165, 1.54) is 28.6 Å². The molecular formula is C20H20N4O5S. The number of hydrogen-bond acceptors (Lipinski definition) is 6. The zero-order chi connectivity index (χ0) is 21.6. The molecule has 3 rings (SSSR count). The molecule has 1 fully saturated rings. The van der Waals surface area contributed by atoms with E-state index in [0.29, 0.717) is 24.4 Å². The van der Waals surface area contributed by atoms with Gasteiger partial charge in [0, 0.05) is 18.7 Å². The van der Waals surface area contributed by atoms with Gasteiger partial charge in [-0.05, 0) is 61.4 Å². The zero-order valence-corrected chi connectivity index (χ0v) is 16.8. The standard InChI is InChI=1S/C20H20N4O5S/c21-13-15-3-7-17(8-4-15)29-14-19(25)22-23-20(26)16-5-9-18(10-6-16)30(27,28)24-11-1-2-12-24/h3-10H,1-2,11-12,14H2,(H,22,25)(H,23,26). The van der Waals surface area contributed by atoms with Crippen molar-refractivity contribution in [1.82, 2.24) is 15.2 Å². The first-order valence-corrected chi connectivity index (χ1v) is 10.7. The predicted molar refractivity (Wildman–Crippen MR) is 107 cm³/mol. The van der Waals surface area contributed by atoms with E-state index < -0.39 is 21.8 Å². The third kappa shape index (κ3) is 5.14. The average molecular weight is 428 g/mol. The Balaban J connectivity index is 1.49. The molecule has 1 heterocycles. The molecule has 1 saturated heterocycles. The van der Waals surface area contributed by atoms with Gasteiger partial charge in [0.15, 0.2) is 6.61 Å². The van der Waals surface area contributed by atoms with Crippen LogP contribution in [-0.4, -0.2) is 44.2 Å². The Labute approximate surface area is 174 Å². The summed E-state index contributed by atoms with van der Waals surface area (Å²) in [6, 6.07) is 13.7. The molecule has 156 valence electrons. The maximum Gasteiger partial charge on any atom is 0.276 e. The van der Waals surface area contributed by atoms with Crippen molar-refractivity contribution in [2.24, 2.45) is 0 Å². The van der Waals surface area contributed by atoms with E-state index in [0.717, 1.165) is 12.8 Å². The van der Waals surface area contributed by atoms with Crippen molar-refractivity contribution >= 4 is 21.8 Å². The quantitative estimate of drug-likeness (QED) is 0.665. The Kier molecular flexibility index (Phi) is 6.66. The van der Waals surface area contributed by atoms with Gasteiger partial charge in [-0.3, -0.25) is 20.4 Å². The number of benzene rings is 2. The highest BCUT2D eigenvalue weighted by atomic mass is 32.2. The highest BCUT2D eigenvalue weighted by Crippen LogP contribution is 2.21. The van der Waals surface area contributed by atoms with Gasteiger partial charge in [0.25, 0.3) is 11.8 Å². The molecule has 0 spiro atoms. The van der Waals surface area contributed by atoms with Gasteiger partial charge < -0.3 is 4.74 Å². The van der Waals surface area contributed by atoms with E-state index in [9.17, 15) is 18.0 Å². The van der Waals surface area contributed by atoms with Crippen LogP contribution in [0, 0.1) is 11.3 Å². The highest BCUT2D eigenvalue weighted by Gasteiger charge is 2.27. The van der Waals surface area contributed by atoms with E-state index in [1.807, 2.05) is 6.07 Å². The van der Waals surface area contributed by atoms with Crippen molar-refractivity contribution in [3.05, 3.63) is 59.7 Å². The largest absolute Gasteiger partial charge is 0.484 e. The maximum absolute atomic E-state index is 12.5. The molecule has 2 aromatic rings. The van der Waals surface area contributed by atoms with Crippen LogP contribution in [0.15, 0.2) is 53.4 Å². The van der Waals surface area contributed by atoms with Crippen LogP contribution in [0.5, 0.6) is 5.75 Å². The van der Waals surface area contributed by atoms with Crippen LogP contribution in [0.4, 0.5) is 0 Å². The second-order valence-electron chi connectivity index (χ2n) is 6.56. The number of sulfonamides is 1. The van der Waals surface area contributed by atoms with Crippen molar-refractivity contribution in [2.45, 2.75) is 17.7 Å². The summed E-state index contributed by atoms with van der Waals surface area (Å²) in [7, 11) is -3.55. The normalized spacial score (nSPS) is 14.0. The Bertz CT molecular complexity index is 1050. The summed E-state index contributed by atoms with van der Waals surface area (Å²) in [5.74, 6) is -0.766. The van der Waals surface area contributed by atoms with Crippen molar-refractivity contribution in [3.63, 3.8) is 0 Å². The van der Waals surface area contributed by atoms with Crippen LogP contribution >= 0.6 is 0 Å². The van der Waals surface area contributed by atoms with E-state index in [-0.39, 0.29) is 17.1 Å². The average Bonchev–Trinajstić information content (AvgIpc) is 3.32. The first-order valence-electron chi connectivity index (χ1n) is 9.22. The Morgan fingerprint density at radius 1 is 1.00 bits per heavy atom. The molecule has 0 atom stereocenters. The number of nitriles is 1. The summed E-state index contributed by atoms with van der Waals surface area (Å²) >= 11 is 0. The summed E-state index contributed by atoms with van der Waals surface area (Å²) in [6.45, 7) is 0.668. The number of nitrogens with zero attached hydrogens (tertiary/aromatic N) is 2. The second kappa shape index (κ2) is 9.39. The fourth-order valence-electron chi connectivity index (χ4n) is 2.87. The van der Waals surface area contributed by atoms with E-state index >= 15 is 0 Å². The van der Waals surface area contributed by atoms with Crippen molar-refractivity contribution in [1.29, 1.82) is 5.26 Å². The fraction of sp³-hybridized carbons (Fsp3) is 0.250. The molecule has 10 heteroatoms. The lowest BCUT2D eigenvalue weighted by molar-refractivity contribution is -0.123. The lowest BCUT2D eigenvalue weighted by Crippen LogP contribution is -2.43. The second-order valence-corrected chi connectivity index (χ2v) is 8.50. The minimum atomic E-state index is -3.55. The van der Waals surface area contributed by atoms with E-state index in [2.05, 4.69) is 10.9 Å². The first kappa shape index (κ1) is 21.3. The number of amides is 2. The predicted octanol–water partition coefficient (Wildman–Crippen LogP) is 1.18. The number of carbonyl (C=O) groups excluding carboxylic acids is 2. The molecule has 1 aliphatic rings. The monoisotopic (exact) mass is 428 g/mol. The molecule has 0 saturated carbocycles. The van der Waals surface area contributed by atoms with E-state index in [1.54, 1.807) is 24.3 Å². The number of nitrogens with one attached hydrogen (secondary N) is 2. The van der Waals surface area contributed by atoms with Crippen molar-refractivity contribution < 1.29 is 22.7 Å². The maximum atomic E-state index is 12.5. The minimum Gasteiger partial charge on any atom is -0.484 e. The van der Waals surface area contributed by atoms with Crippen molar-refractivity contribution in [3.8, 4) is 11.8 Å². The van der Waals surface area contributed by atoms with E-state index in [4.69, 9.17) is 10.00 Å². The minimum absolute atomic E-state index is 0.126.